The zero-order chi connectivity index (χ0) is 15.4. The second kappa shape index (κ2) is 7.27. The molecule has 2 rings (SSSR count). The molecular weight excluding hydrogens is 277 g/mol. The van der Waals surface area contributed by atoms with Crippen molar-refractivity contribution in [1.82, 2.24) is 4.90 Å². The van der Waals surface area contributed by atoms with E-state index in [1.807, 2.05) is 0 Å². The van der Waals surface area contributed by atoms with Gasteiger partial charge in [-0.1, -0.05) is 13.3 Å². The highest BCUT2D eigenvalue weighted by molar-refractivity contribution is 5.24. The van der Waals surface area contributed by atoms with Crippen molar-refractivity contribution in [3.05, 3.63) is 35.1 Å². The predicted molar refractivity (Wildman–Crippen MR) is 77.3 cm³/mol. The summed E-state index contributed by atoms with van der Waals surface area (Å²) in [5.41, 5.74) is 5.94. The lowest BCUT2D eigenvalue weighted by molar-refractivity contribution is 0.202. The molecule has 0 aliphatic carbocycles. The first kappa shape index (κ1) is 16.3. The third-order valence-corrected chi connectivity index (χ3v) is 4.52. The molecule has 1 fully saturated rings. The van der Waals surface area contributed by atoms with Crippen LogP contribution in [0, 0.1) is 23.4 Å². The molecule has 1 heterocycles. The lowest BCUT2D eigenvalue weighted by Crippen LogP contribution is -2.35. The van der Waals surface area contributed by atoms with Crippen LogP contribution < -0.4 is 5.73 Å². The molecule has 1 aromatic rings. The van der Waals surface area contributed by atoms with Crippen LogP contribution in [0.3, 0.4) is 0 Å². The SMILES string of the molecule is CCC1CCCN(C(CN)c2cc(F)c(F)cc2F)CC1. The van der Waals surface area contributed by atoms with E-state index < -0.39 is 23.5 Å². The summed E-state index contributed by atoms with van der Waals surface area (Å²) in [4.78, 5) is 2.10. The van der Waals surface area contributed by atoms with E-state index in [9.17, 15) is 13.2 Å². The Labute approximate surface area is 124 Å². The van der Waals surface area contributed by atoms with Gasteiger partial charge in [-0.3, -0.25) is 4.90 Å². The predicted octanol–water partition coefficient (Wildman–Crippen LogP) is 3.62. The lowest BCUT2D eigenvalue weighted by Gasteiger charge is -2.30. The molecule has 0 aromatic heterocycles. The molecule has 2 atom stereocenters. The molecule has 2 unspecified atom stereocenters. The Hall–Kier alpha value is -1.07. The molecule has 1 aliphatic rings. The largest absolute Gasteiger partial charge is 0.329 e. The van der Waals surface area contributed by atoms with Gasteiger partial charge < -0.3 is 5.73 Å². The maximum atomic E-state index is 14.0. The van der Waals surface area contributed by atoms with E-state index >= 15 is 0 Å². The van der Waals surface area contributed by atoms with Crippen LogP contribution in [-0.4, -0.2) is 24.5 Å². The molecule has 118 valence electrons. The minimum atomic E-state index is -1.16. The molecule has 0 saturated carbocycles. The number of hydrogen-bond acceptors (Lipinski definition) is 2. The third kappa shape index (κ3) is 3.77. The number of nitrogens with two attached hydrogens (primary N) is 1. The molecule has 0 radical (unpaired) electrons. The summed E-state index contributed by atoms with van der Waals surface area (Å²) in [5, 5.41) is 0. The van der Waals surface area contributed by atoms with Gasteiger partial charge in [-0.15, -0.1) is 0 Å². The van der Waals surface area contributed by atoms with Crippen molar-refractivity contribution in [3.8, 4) is 0 Å². The van der Waals surface area contributed by atoms with Crippen molar-refractivity contribution in [2.45, 2.75) is 38.6 Å². The number of likely N-dealkylation sites (tertiary alicyclic amines) is 1. The van der Waals surface area contributed by atoms with Crippen LogP contribution in [0.5, 0.6) is 0 Å². The highest BCUT2D eigenvalue weighted by Gasteiger charge is 2.26. The normalized spacial score (nSPS) is 22.0. The lowest BCUT2D eigenvalue weighted by atomic mass is 9.98. The Kier molecular flexibility index (Phi) is 5.65. The van der Waals surface area contributed by atoms with Gasteiger partial charge >= 0.3 is 0 Å². The molecule has 1 aliphatic heterocycles. The average Bonchev–Trinajstić information content (AvgIpc) is 2.71. The summed E-state index contributed by atoms with van der Waals surface area (Å²) in [6, 6.07) is 1.17. The topological polar surface area (TPSA) is 29.3 Å². The maximum absolute atomic E-state index is 14.0. The molecule has 0 spiro atoms. The fraction of sp³-hybridized carbons (Fsp3) is 0.625. The molecule has 21 heavy (non-hydrogen) atoms. The van der Waals surface area contributed by atoms with Crippen molar-refractivity contribution in [1.29, 1.82) is 0 Å². The van der Waals surface area contributed by atoms with E-state index in [2.05, 4.69) is 11.8 Å². The standard InChI is InChI=1S/C16H23F3N2/c1-2-11-4-3-6-21(7-5-11)16(10-20)12-8-14(18)15(19)9-13(12)17/h8-9,11,16H,2-7,10,20H2,1H3. The van der Waals surface area contributed by atoms with E-state index in [4.69, 9.17) is 5.73 Å². The van der Waals surface area contributed by atoms with Gasteiger partial charge in [0.15, 0.2) is 11.6 Å². The van der Waals surface area contributed by atoms with E-state index in [1.165, 1.54) is 0 Å². The maximum Gasteiger partial charge on any atom is 0.161 e. The first-order chi connectivity index (χ1) is 10.1. The first-order valence-corrected chi connectivity index (χ1v) is 7.65. The molecule has 1 aromatic carbocycles. The van der Waals surface area contributed by atoms with Crippen LogP contribution in [0.2, 0.25) is 0 Å². The van der Waals surface area contributed by atoms with Crippen molar-refractivity contribution in [2.24, 2.45) is 11.7 Å². The fourth-order valence-corrected chi connectivity index (χ4v) is 3.17. The van der Waals surface area contributed by atoms with Crippen molar-refractivity contribution in [2.75, 3.05) is 19.6 Å². The summed E-state index contributed by atoms with van der Waals surface area (Å²) in [6.45, 7) is 4.00. The van der Waals surface area contributed by atoms with Crippen LogP contribution >= 0.6 is 0 Å². The Balaban J connectivity index is 2.21. The van der Waals surface area contributed by atoms with Gasteiger partial charge in [0.1, 0.15) is 5.82 Å². The molecule has 1 saturated heterocycles. The van der Waals surface area contributed by atoms with E-state index in [0.29, 0.717) is 12.0 Å². The molecule has 0 amide bonds. The summed E-state index contributed by atoms with van der Waals surface area (Å²) < 4.78 is 40.5. The molecular formula is C16H23F3N2. The number of nitrogens with zero attached hydrogens (tertiary/aromatic N) is 1. The quantitative estimate of drug-likeness (QED) is 0.861. The molecule has 2 nitrogen and oxygen atoms in total. The van der Waals surface area contributed by atoms with E-state index in [1.54, 1.807) is 0 Å². The van der Waals surface area contributed by atoms with Crippen LogP contribution in [0.15, 0.2) is 12.1 Å². The first-order valence-electron chi connectivity index (χ1n) is 7.65. The van der Waals surface area contributed by atoms with Crippen LogP contribution in [0.1, 0.15) is 44.2 Å². The fourth-order valence-electron chi connectivity index (χ4n) is 3.17. The monoisotopic (exact) mass is 300 g/mol. The van der Waals surface area contributed by atoms with Crippen LogP contribution in [0.4, 0.5) is 13.2 Å². The Morgan fingerprint density at radius 2 is 1.86 bits per heavy atom. The molecule has 2 N–H and O–H groups in total. The third-order valence-electron chi connectivity index (χ3n) is 4.52. The van der Waals surface area contributed by atoms with Gasteiger partial charge in [-0.25, -0.2) is 13.2 Å². The highest BCUT2D eigenvalue weighted by atomic mass is 19.2. The summed E-state index contributed by atoms with van der Waals surface area (Å²) >= 11 is 0. The van der Waals surface area contributed by atoms with E-state index in [-0.39, 0.29) is 12.1 Å². The summed E-state index contributed by atoms with van der Waals surface area (Å²) in [6.07, 6.45) is 4.36. The zero-order valence-corrected chi connectivity index (χ0v) is 12.4. The second-order valence-electron chi connectivity index (χ2n) is 5.78. The minimum absolute atomic E-state index is 0.159. The van der Waals surface area contributed by atoms with Gasteiger partial charge in [0.05, 0.1) is 6.04 Å². The van der Waals surface area contributed by atoms with Gasteiger partial charge in [0.25, 0.3) is 0 Å². The van der Waals surface area contributed by atoms with Crippen LogP contribution in [0.25, 0.3) is 0 Å². The zero-order valence-electron chi connectivity index (χ0n) is 12.4. The van der Waals surface area contributed by atoms with Gasteiger partial charge in [0.2, 0.25) is 0 Å². The summed E-state index contributed by atoms with van der Waals surface area (Å²) in [5.74, 6) is -2.22. The van der Waals surface area contributed by atoms with E-state index in [0.717, 1.165) is 44.8 Å². The number of benzene rings is 1. The summed E-state index contributed by atoms with van der Waals surface area (Å²) in [7, 11) is 0. The van der Waals surface area contributed by atoms with Gasteiger partial charge in [-0.05, 0) is 44.3 Å². The Morgan fingerprint density at radius 1 is 1.14 bits per heavy atom. The Morgan fingerprint density at radius 3 is 2.52 bits per heavy atom. The average molecular weight is 300 g/mol. The molecule has 5 heteroatoms. The Bertz CT molecular complexity index is 479. The minimum Gasteiger partial charge on any atom is -0.329 e. The van der Waals surface area contributed by atoms with Crippen molar-refractivity contribution < 1.29 is 13.2 Å². The smallest absolute Gasteiger partial charge is 0.161 e. The van der Waals surface area contributed by atoms with Gasteiger partial charge in [-0.2, -0.15) is 0 Å². The molecule has 0 bridgehead atoms. The van der Waals surface area contributed by atoms with Crippen molar-refractivity contribution in [3.63, 3.8) is 0 Å². The van der Waals surface area contributed by atoms with Crippen LogP contribution in [-0.2, 0) is 0 Å². The highest BCUT2D eigenvalue weighted by Crippen LogP contribution is 2.29. The second-order valence-corrected chi connectivity index (χ2v) is 5.78. The number of halogens is 3. The van der Waals surface area contributed by atoms with Crippen molar-refractivity contribution >= 4 is 0 Å². The number of hydrogen-bond donors (Lipinski definition) is 1. The van der Waals surface area contributed by atoms with Gasteiger partial charge in [0, 0.05) is 18.2 Å². The number of rotatable bonds is 4.